The van der Waals surface area contributed by atoms with Gasteiger partial charge in [-0.05, 0) is 55.0 Å². The van der Waals surface area contributed by atoms with E-state index in [-0.39, 0.29) is 1.43 Å². The summed E-state index contributed by atoms with van der Waals surface area (Å²) in [6, 6.07) is 17.1. The van der Waals surface area contributed by atoms with Crippen molar-refractivity contribution in [3.8, 4) is 16.8 Å². The van der Waals surface area contributed by atoms with E-state index in [1.54, 1.807) is 0 Å². The highest BCUT2D eigenvalue weighted by molar-refractivity contribution is 5.70. The average molecular weight is 316 g/mol. The van der Waals surface area contributed by atoms with Crippen molar-refractivity contribution < 1.29 is 1.43 Å². The minimum absolute atomic E-state index is 0. The summed E-state index contributed by atoms with van der Waals surface area (Å²) in [7, 11) is 0. The molecule has 0 fully saturated rings. The molecule has 24 heavy (non-hydrogen) atoms. The maximum absolute atomic E-state index is 4.90. The van der Waals surface area contributed by atoms with Crippen LogP contribution in [0.15, 0.2) is 66.4 Å². The third-order valence-electron chi connectivity index (χ3n) is 4.87. The maximum Gasteiger partial charge on any atom is 0.0701 e. The number of fused-ring (bicyclic) bond motifs is 1. The Labute approximate surface area is 144 Å². The Bertz CT molecular complexity index is 907. The maximum atomic E-state index is 4.90. The van der Waals surface area contributed by atoms with E-state index < -0.39 is 0 Å². The molecule has 2 nitrogen and oxygen atoms in total. The molecule has 2 aromatic carbocycles. The molecule has 0 N–H and O–H groups in total. The molecule has 0 saturated heterocycles. The number of aromatic nitrogens is 2. The smallest absolute Gasteiger partial charge is 0.0701 e. The van der Waals surface area contributed by atoms with Crippen molar-refractivity contribution in [1.82, 2.24) is 9.78 Å². The Morgan fingerprint density at radius 2 is 1.83 bits per heavy atom. The molecule has 122 valence electrons. The summed E-state index contributed by atoms with van der Waals surface area (Å²) < 4.78 is 2.07. The molecule has 1 aromatic heterocycles. The average Bonchev–Trinajstić information content (AvgIpc) is 2.90. The first kappa shape index (κ1) is 14.9. The van der Waals surface area contributed by atoms with Gasteiger partial charge in [0.15, 0.2) is 0 Å². The number of rotatable bonds is 2. The van der Waals surface area contributed by atoms with Crippen LogP contribution in [0.5, 0.6) is 0 Å². The molecular weight excluding hydrogens is 292 g/mol. The first-order valence-corrected chi connectivity index (χ1v) is 8.61. The van der Waals surface area contributed by atoms with E-state index in [2.05, 4.69) is 79.3 Å². The van der Waals surface area contributed by atoms with Crippen molar-refractivity contribution in [2.75, 3.05) is 0 Å². The standard InChI is InChI=1S/C22H22N2.H2/c1-16-8-6-11-19-15-24(23-21(19)14-16)22-13-7-12-20(17(22)2)18-9-4-3-5-10-18;/h3-5,7-10,12-13,15H,6,11,14H2,1-2H3;1H. The van der Waals surface area contributed by atoms with Gasteiger partial charge in [-0.3, -0.25) is 0 Å². The molecule has 1 aliphatic carbocycles. The Balaban J connectivity index is 0.00000182. The second-order valence-electron chi connectivity index (χ2n) is 6.63. The van der Waals surface area contributed by atoms with Gasteiger partial charge in [0.1, 0.15) is 0 Å². The van der Waals surface area contributed by atoms with Crippen LogP contribution in [0.25, 0.3) is 16.8 Å². The summed E-state index contributed by atoms with van der Waals surface area (Å²) in [6.45, 7) is 4.39. The third-order valence-corrected chi connectivity index (χ3v) is 4.87. The van der Waals surface area contributed by atoms with E-state index in [1.165, 1.54) is 39.2 Å². The lowest BCUT2D eigenvalue weighted by molar-refractivity contribution is 0.839. The lowest BCUT2D eigenvalue weighted by Gasteiger charge is -2.11. The number of aryl methyl sites for hydroxylation is 1. The van der Waals surface area contributed by atoms with Gasteiger partial charge in [0.25, 0.3) is 0 Å². The number of allylic oxidation sites excluding steroid dienone is 2. The molecule has 4 rings (SSSR count). The van der Waals surface area contributed by atoms with Crippen LogP contribution in [0.4, 0.5) is 0 Å². The van der Waals surface area contributed by atoms with Gasteiger partial charge >= 0.3 is 0 Å². The summed E-state index contributed by atoms with van der Waals surface area (Å²) in [5, 5.41) is 4.90. The van der Waals surface area contributed by atoms with Gasteiger partial charge in [0, 0.05) is 14.0 Å². The van der Waals surface area contributed by atoms with Gasteiger partial charge in [-0.25, -0.2) is 4.68 Å². The fourth-order valence-corrected chi connectivity index (χ4v) is 3.54. The molecule has 0 radical (unpaired) electrons. The zero-order valence-electron chi connectivity index (χ0n) is 14.3. The van der Waals surface area contributed by atoms with Crippen molar-refractivity contribution in [3.63, 3.8) is 0 Å². The molecular formula is C22H24N2. The summed E-state index contributed by atoms with van der Waals surface area (Å²) in [5.74, 6) is 0. The van der Waals surface area contributed by atoms with Gasteiger partial charge in [0.2, 0.25) is 0 Å². The minimum Gasteiger partial charge on any atom is -0.240 e. The van der Waals surface area contributed by atoms with E-state index >= 15 is 0 Å². The second kappa shape index (κ2) is 6.12. The van der Waals surface area contributed by atoms with Gasteiger partial charge in [0.05, 0.1) is 11.4 Å². The summed E-state index contributed by atoms with van der Waals surface area (Å²) in [4.78, 5) is 0. The molecule has 0 unspecified atom stereocenters. The van der Waals surface area contributed by atoms with Crippen molar-refractivity contribution in [3.05, 3.63) is 83.2 Å². The largest absolute Gasteiger partial charge is 0.240 e. The number of hydrogen-bond acceptors (Lipinski definition) is 1. The second-order valence-corrected chi connectivity index (χ2v) is 6.63. The lowest BCUT2D eigenvalue weighted by atomic mass is 9.99. The van der Waals surface area contributed by atoms with Crippen LogP contribution in [0.1, 0.15) is 31.6 Å². The van der Waals surface area contributed by atoms with Crippen molar-refractivity contribution in [2.24, 2.45) is 0 Å². The quantitative estimate of drug-likeness (QED) is 0.568. The van der Waals surface area contributed by atoms with Crippen LogP contribution in [0, 0.1) is 6.92 Å². The molecule has 3 aromatic rings. The first-order valence-electron chi connectivity index (χ1n) is 8.61. The van der Waals surface area contributed by atoms with Crippen LogP contribution >= 0.6 is 0 Å². The number of benzene rings is 2. The van der Waals surface area contributed by atoms with Crippen LogP contribution in [-0.2, 0) is 12.8 Å². The molecule has 0 aliphatic heterocycles. The summed E-state index contributed by atoms with van der Waals surface area (Å²) in [6.07, 6.45) is 7.74. The van der Waals surface area contributed by atoms with E-state index in [0.717, 1.165) is 19.3 Å². The fourth-order valence-electron chi connectivity index (χ4n) is 3.54. The Kier molecular flexibility index (Phi) is 3.81. The molecule has 1 aliphatic rings. The molecule has 0 atom stereocenters. The molecule has 1 heterocycles. The number of hydrogen-bond donors (Lipinski definition) is 0. The zero-order chi connectivity index (χ0) is 16.5. The summed E-state index contributed by atoms with van der Waals surface area (Å²) in [5.41, 5.74) is 9.01. The Hall–Kier alpha value is -2.61. The van der Waals surface area contributed by atoms with Crippen LogP contribution in [0.2, 0.25) is 0 Å². The highest BCUT2D eigenvalue weighted by Crippen LogP contribution is 2.28. The van der Waals surface area contributed by atoms with Crippen molar-refractivity contribution in [2.45, 2.75) is 33.1 Å². The van der Waals surface area contributed by atoms with Gasteiger partial charge in [-0.1, -0.05) is 54.1 Å². The molecule has 0 bridgehead atoms. The van der Waals surface area contributed by atoms with Crippen molar-refractivity contribution >= 4 is 0 Å². The highest BCUT2D eigenvalue weighted by atomic mass is 15.3. The SMILES string of the molecule is CC1=CCCc2cn(-c3cccc(-c4ccccc4)c3C)nc2C1.[HH]. The van der Waals surface area contributed by atoms with Crippen molar-refractivity contribution in [1.29, 1.82) is 0 Å². The predicted octanol–water partition coefficient (Wildman–Crippen LogP) is 5.53. The Morgan fingerprint density at radius 3 is 2.67 bits per heavy atom. The summed E-state index contributed by atoms with van der Waals surface area (Å²) >= 11 is 0. The normalized spacial score (nSPS) is 14.0. The molecule has 2 heteroatoms. The van der Waals surface area contributed by atoms with E-state index in [1.807, 2.05) is 0 Å². The van der Waals surface area contributed by atoms with Gasteiger partial charge < -0.3 is 0 Å². The Morgan fingerprint density at radius 1 is 1.00 bits per heavy atom. The van der Waals surface area contributed by atoms with Crippen LogP contribution < -0.4 is 0 Å². The molecule has 0 saturated carbocycles. The molecule has 0 spiro atoms. The van der Waals surface area contributed by atoms with E-state index in [9.17, 15) is 0 Å². The van der Waals surface area contributed by atoms with Crippen LogP contribution in [0.3, 0.4) is 0 Å². The van der Waals surface area contributed by atoms with Gasteiger partial charge in [-0.15, -0.1) is 0 Å². The first-order chi connectivity index (χ1) is 11.7. The predicted molar refractivity (Wildman–Crippen MR) is 102 cm³/mol. The molecule has 0 amide bonds. The zero-order valence-corrected chi connectivity index (χ0v) is 14.3. The van der Waals surface area contributed by atoms with E-state index in [4.69, 9.17) is 5.10 Å². The monoisotopic (exact) mass is 316 g/mol. The lowest BCUT2D eigenvalue weighted by Crippen LogP contribution is -2.00. The fraction of sp³-hybridized carbons (Fsp3) is 0.227. The third kappa shape index (κ3) is 2.69. The minimum atomic E-state index is 0. The highest BCUT2D eigenvalue weighted by Gasteiger charge is 2.15. The topological polar surface area (TPSA) is 17.8 Å². The van der Waals surface area contributed by atoms with E-state index in [0.29, 0.717) is 0 Å². The van der Waals surface area contributed by atoms with Gasteiger partial charge in [-0.2, -0.15) is 5.10 Å². The van der Waals surface area contributed by atoms with Crippen LogP contribution in [-0.4, -0.2) is 9.78 Å². The number of nitrogens with zero attached hydrogens (tertiary/aromatic N) is 2.